The van der Waals surface area contributed by atoms with Crippen LogP contribution in [-0.2, 0) is 0 Å². The maximum Gasteiger partial charge on any atom is 0.230 e. The maximum absolute atomic E-state index is 13.7. The number of rotatable bonds is 3. The van der Waals surface area contributed by atoms with Crippen molar-refractivity contribution in [1.29, 1.82) is 0 Å². The number of carbonyl (C=O) groups excluding carboxylic acids is 1. The Kier molecular flexibility index (Phi) is 3.58. The Morgan fingerprint density at radius 2 is 2.11 bits per heavy atom. The second-order valence-electron chi connectivity index (χ2n) is 3.57. The molecule has 1 aromatic carbocycles. The molecule has 0 radical (unpaired) electrons. The van der Waals surface area contributed by atoms with Gasteiger partial charge in [0.25, 0.3) is 0 Å². The number of ether oxygens (including phenoxy) is 1. The smallest absolute Gasteiger partial charge is 0.230 e. The predicted molar refractivity (Wildman–Crippen MR) is 65.7 cm³/mol. The molecular weight excluding hydrogens is 257 g/mol. The molecule has 1 aromatic heterocycles. The first-order valence-electron chi connectivity index (χ1n) is 5.17. The molecule has 0 amide bonds. The normalized spacial score (nSPS) is 10.2. The Hall–Kier alpha value is -1.94. The molecule has 0 saturated carbocycles. The number of benzene rings is 1. The number of ketones is 1. The molecule has 0 aliphatic rings. The Morgan fingerprint density at radius 1 is 1.33 bits per heavy atom. The number of hydrogen-bond donors (Lipinski definition) is 0. The van der Waals surface area contributed by atoms with Crippen molar-refractivity contribution >= 4 is 17.4 Å². The van der Waals surface area contributed by atoms with E-state index in [2.05, 4.69) is 4.98 Å². The van der Waals surface area contributed by atoms with Gasteiger partial charge >= 0.3 is 0 Å². The monoisotopic (exact) mass is 265 g/mol. The summed E-state index contributed by atoms with van der Waals surface area (Å²) in [4.78, 5) is 15.3. The van der Waals surface area contributed by atoms with Crippen molar-refractivity contribution in [3.63, 3.8) is 0 Å². The fourth-order valence-electron chi connectivity index (χ4n) is 1.41. The lowest BCUT2D eigenvalue weighted by Gasteiger charge is -2.08. The van der Waals surface area contributed by atoms with Crippen LogP contribution >= 0.6 is 11.6 Å². The van der Waals surface area contributed by atoms with Crippen molar-refractivity contribution < 1.29 is 13.9 Å². The van der Waals surface area contributed by atoms with Gasteiger partial charge in [-0.2, -0.15) is 0 Å². The van der Waals surface area contributed by atoms with E-state index in [1.165, 1.54) is 25.3 Å². The summed E-state index contributed by atoms with van der Waals surface area (Å²) in [5.74, 6) is -0.894. The van der Waals surface area contributed by atoms with Crippen LogP contribution in [0.5, 0.6) is 11.6 Å². The van der Waals surface area contributed by atoms with Gasteiger partial charge in [0.1, 0.15) is 0 Å². The highest BCUT2D eigenvalue weighted by molar-refractivity contribution is 6.30. The SMILES string of the molecule is CC(=O)c1cccnc1Oc1cccc(Cl)c1F. The molecule has 5 heteroatoms. The highest BCUT2D eigenvalue weighted by atomic mass is 35.5. The first-order valence-corrected chi connectivity index (χ1v) is 5.55. The van der Waals surface area contributed by atoms with E-state index >= 15 is 0 Å². The van der Waals surface area contributed by atoms with Crippen molar-refractivity contribution in [1.82, 2.24) is 4.98 Å². The topological polar surface area (TPSA) is 39.2 Å². The average molecular weight is 266 g/mol. The van der Waals surface area contributed by atoms with Gasteiger partial charge in [0.05, 0.1) is 10.6 Å². The van der Waals surface area contributed by atoms with Crippen LogP contribution in [0.3, 0.4) is 0 Å². The molecule has 2 rings (SSSR count). The summed E-state index contributed by atoms with van der Waals surface area (Å²) >= 11 is 5.64. The number of Topliss-reactive ketones (excluding diaryl/α,β-unsaturated/α-hetero) is 1. The Labute approximate surface area is 108 Å². The van der Waals surface area contributed by atoms with Gasteiger partial charge in [0.15, 0.2) is 17.3 Å². The van der Waals surface area contributed by atoms with Crippen LogP contribution < -0.4 is 4.74 Å². The van der Waals surface area contributed by atoms with Crippen molar-refractivity contribution in [3.8, 4) is 11.6 Å². The highest BCUT2D eigenvalue weighted by Gasteiger charge is 2.13. The van der Waals surface area contributed by atoms with E-state index in [1.807, 2.05) is 0 Å². The third kappa shape index (κ3) is 2.49. The van der Waals surface area contributed by atoms with E-state index in [0.29, 0.717) is 0 Å². The fourth-order valence-corrected chi connectivity index (χ4v) is 1.57. The third-order valence-electron chi connectivity index (χ3n) is 2.27. The van der Waals surface area contributed by atoms with Crippen molar-refractivity contribution in [2.45, 2.75) is 6.92 Å². The van der Waals surface area contributed by atoms with Gasteiger partial charge in [-0.05, 0) is 31.2 Å². The van der Waals surface area contributed by atoms with Crippen molar-refractivity contribution in [2.75, 3.05) is 0 Å². The first-order chi connectivity index (χ1) is 8.59. The van der Waals surface area contributed by atoms with Gasteiger partial charge in [0.2, 0.25) is 5.88 Å². The summed E-state index contributed by atoms with van der Waals surface area (Å²) in [7, 11) is 0. The van der Waals surface area contributed by atoms with Gasteiger partial charge in [-0.25, -0.2) is 9.37 Å². The van der Waals surface area contributed by atoms with Crippen LogP contribution in [0.25, 0.3) is 0 Å². The number of halogens is 2. The average Bonchev–Trinajstić information content (AvgIpc) is 2.35. The second kappa shape index (κ2) is 5.14. The molecular formula is C13H9ClFNO2. The van der Waals surface area contributed by atoms with E-state index in [9.17, 15) is 9.18 Å². The summed E-state index contributed by atoms with van der Waals surface area (Å²) in [6.07, 6.45) is 1.46. The highest BCUT2D eigenvalue weighted by Crippen LogP contribution is 2.29. The number of nitrogens with zero attached hydrogens (tertiary/aromatic N) is 1. The Morgan fingerprint density at radius 3 is 2.83 bits per heavy atom. The largest absolute Gasteiger partial charge is 0.435 e. The zero-order valence-corrected chi connectivity index (χ0v) is 10.2. The fraction of sp³-hybridized carbons (Fsp3) is 0.0769. The molecule has 0 N–H and O–H groups in total. The third-order valence-corrected chi connectivity index (χ3v) is 2.57. The standard InChI is InChI=1S/C13H9ClFNO2/c1-8(17)9-4-3-7-16-13(9)18-11-6-2-5-10(14)12(11)15/h2-7H,1H3. The molecule has 2 aromatic rings. The van der Waals surface area contributed by atoms with Gasteiger partial charge in [-0.3, -0.25) is 4.79 Å². The number of carbonyl (C=O) groups is 1. The summed E-state index contributed by atoms with van der Waals surface area (Å²) < 4.78 is 18.9. The lowest BCUT2D eigenvalue weighted by molar-refractivity contribution is 0.101. The maximum atomic E-state index is 13.7. The summed E-state index contributed by atoms with van der Waals surface area (Å²) in [6, 6.07) is 7.55. The number of aromatic nitrogens is 1. The Balaban J connectivity index is 2.40. The zero-order valence-electron chi connectivity index (χ0n) is 9.48. The number of pyridine rings is 1. The zero-order chi connectivity index (χ0) is 13.1. The molecule has 1 heterocycles. The van der Waals surface area contributed by atoms with Gasteiger partial charge in [0, 0.05) is 6.20 Å². The van der Waals surface area contributed by atoms with Gasteiger partial charge in [-0.15, -0.1) is 0 Å². The van der Waals surface area contributed by atoms with E-state index in [4.69, 9.17) is 16.3 Å². The molecule has 0 saturated heterocycles. The van der Waals surface area contributed by atoms with E-state index in [1.54, 1.807) is 18.2 Å². The molecule has 0 atom stereocenters. The molecule has 18 heavy (non-hydrogen) atoms. The van der Waals surface area contributed by atoms with E-state index < -0.39 is 5.82 Å². The molecule has 0 aliphatic heterocycles. The first kappa shape index (κ1) is 12.5. The van der Waals surface area contributed by atoms with E-state index in [-0.39, 0.29) is 28.0 Å². The van der Waals surface area contributed by atoms with Crippen molar-refractivity contribution in [2.24, 2.45) is 0 Å². The van der Waals surface area contributed by atoms with Crippen LogP contribution in [0, 0.1) is 5.82 Å². The molecule has 0 aliphatic carbocycles. The van der Waals surface area contributed by atoms with Gasteiger partial charge in [-0.1, -0.05) is 17.7 Å². The molecule has 0 fully saturated rings. The minimum absolute atomic E-state index is 0.0483. The molecule has 0 bridgehead atoms. The molecule has 0 spiro atoms. The van der Waals surface area contributed by atoms with Gasteiger partial charge < -0.3 is 4.74 Å². The summed E-state index contributed by atoms with van der Waals surface area (Å²) in [5, 5.41) is -0.0483. The lowest BCUT2D eigenvalue weighted by atomic mass is 10.2. The predicted octanol–water partition coefficient (Wildman–Crippen LogP) is 3.87. The number of hydrogen-bond acceptors (Lipinski definition) is 3. The second-order valence-corrected chi connectivity index (χ2v) is 3.97. The Bertz CT molecular complexity index is 601. The molecule has 92 valence electrons. The van der Waals surface area contributed by atoms with Crippen LogP contribution in [0.4, 0.5) is 4.39 Å². The molecule has 3 nitrogen and oxygen atoms in total. The van der Waals surface area contributed by atoms with Crippen LogP contribution in [0.2, 0.25) is 5.02 Å². The minimum Gasteiger partial charge on any atom is -0.435 e. The summed E-state index contributed by atoms with van der Waals surface area (Å²) in [6.45, 7) is 1.39. The van der Waals surface area contributed by atoms with E-state index in [0.717, 1.165) is 0 Å². The lowest BCUT2D eigenvalue weighted by Crippen LogP contribution is -2.00. The van der Waals surface area contributed by atoms with Crippen LogP contribution in [-0.4, -0.2) is 10.8 Å². The summed E-state index contributed by atoms with van der Waals surface area (Å²) in [5.41, 5.74) is 0.289. The molecule has 0 unspecified atom stereocenters. The minimum atomic E-state index is -0.681. The van der Waals surface area contributed by atoms with Crippen LogP contribution in [0.15, 0.2) is 36.5 Å². The van der Waals surface area contributed by atoms with Crippen LogP contribution in [0.1, 0.15) is 17.3 Å². The van der Waals surface area contributed by atoms with Crippen molar-refractivity contribution in [3.05, 3.63) is 52.9 Å². The quantitative estimate of drug-likeness (QED) is 0.791.